The molecule has 60 valence electrons. The molecule has 0 aromatic carbocycles. The maximum absolute atomic E-state index is 4.23. The summed E-state index contributed by atoms with van der Waals surface area (Å²) in [6.45, 7) is 6.46. The highest BCUT2D eigenvalue weighted by molar-refractivity contribution is 5.13. The van der Waals surface area contributed by atoms with Gasteiger partial charge in [0, 0.05) is 11.9 Å². The van der Waals surface area contributed by atoms with Gasteiger partial charge in [0.25, 0.3) is 0 Å². The molecule has 11 heavy (non-hydrogen) atoms. The fourth-order valence-electron chi connectivity index (χ4n) is 1.09. The Hall–Kier alpha value is -0.850. The Morgan fingerprint density at radius 3 is 2.55 bits per heavy atom. The summed E-state index contributed by atoms with van der Waals surface area (Å²) in [5.41, 5.74) is 2.43. The molecule has 0 saturated heterocycles. The third kappa shape index (κ3) is 2.71. The third-order valence-corrected chi connectivity index (χ3v) is 1.62. The summed E-state index contributed by atoms with van der Waals surface area (Å²) in [7, 11) is 0. The minimum Gasteiger partial charge on any atom is -0.261 e. The predicted molar refractivity (Wildman–Crippen MR) is 47.5 cm³/mol. The number of aromatic nitrogens is 1. The van der Waals surface area contributed by atoms with E-state index in [1.165, 1.54) is 5.56 Å². The van der Waals surface area contributed by atoms with Gasteiger partial charge in [-0.25, -0.2) is 0 Å². The normalized spacial score (nSPS) is 10.5. The fourth-order valence-corrected chi connectivity index (χ4v) is 1.09. The molecule has 0 aliphatic carbocycles. The molecule has 0 aliphatic rings. The number of nitrogens with zero attached hydrogens (tertiary/aromatic N) is 1. The van der Waals surface area contributed by atoms with Crippen LogP contribution in [0.15, 0.2) is 18.3 Å². The van der Waals surface area contributed by atoms with Gasteiger partial charge in [0.05, 0.1) is 0 Å². The zero-order chi connectivity index (χ0) is 8.27. The van der Waals surface area contributed by atoms with Crippen LogP contribution in [0.3, 0.4) is 0 Å². The van der Waals surface area contributed by atoms with Gasteiger partial charge in [-0.3, -0.25) is 4.98 Å². The van der Waals surface area contributed by atoms with Crippen molar-refractivity contribution in [2.24, 2.45) is 5.92 Å². The van der Waals surface area contributed by atoms with Crippen LogP contribution in [0.1, 0.15) is 25.1 Å². The second-order valence-electron chi connectivity index (χ2n) is 3.41. The second-order valence-corrected chi connectivity index (χ2v) is 3.41. The van der Waals surface area contributed by atoms with E-state index in [4.69, 9.17) is 0 Å². The van der Waals surface area contributed by atoms with Gasteiger partial charge in [-0.05, 0) is 30.9 Å². The average molecular weight is 149 g/mol. The molecule has 1 rings (SSSR count). The van der Waals surface area contributed by atoms with E-state index in [9.17, 15) is 0 Å². The molecule has 1 nitrogen and oxygen atoms in total. The Morgan fingerprint density at radius 2 is 2.09 bits per heavy atom. The summed E-state index contributed by atoms with van der Waals surface area (Å²) in [6, 6.07) is 4.22. The third-order valence-electron chi connectivity index (χ3n) is 1.62. The molecule has 0 spiro atoms. The van der Waals surface area contributed by atoms with E-state index in [2.05, 4.69) is 31.0 Å². The summed E-state index contributed by atoms with van der Waals surface area (Å²) >= 11 is 0. The smallest absolute Gasteiger partial charge is 0.0372 e. The summed E-state index contributed by atoms with van der Waals surface area (Å²) in [6.07, 6.45) is 3.10. The van der Waals surface area contributed by atoms with E-state index in [1.807, 2.05) is 13.1 Å². The molecule has 0 bridgehead atoms. The molecule has 0 aliphatic heterocycles. The van der Waals surface area contributed by atoms with Gasteiger partial charge < -0.3 is 0 Å². The minimum absolute atomic E-state index is 0.722. The van der Waals surface area contributed by atoms with Crippen molar-refractivity contribution in [2.45, 2.75) is 27.2 Å². The van der Waals surface area contributed by atoms with Crippen LogP contribution in [0, 0.1) is 12.8 Å². The van der Waals surface area contributed by atoms with Crippen molar-refractivity contribution < 1.29 is 0 Å². The van der Waals surface area contributed by atoms with Gasteiger partial charge >= 0.3 is 0 Å². The molecule has 0 unspecified atom stereocenters. The highest BCUT2D eigenvalue weighted by Crippen LogP contribution is 2.06. The second kappa shape index (κ2) is 3.51. The molecule has 1 aromatic rings. The first-order chi connectivity index (χ1) is 5.18. The molecule has 0 N–H and O–H groups in total. The number of rotatable bonds is 2. The summed E-state index contributed by atoms with van der Waals surface area (Å²) in [5.74, 6) is 0.722. The van der Waals surface area contributed by atoms with Crippen LogP contribution in [0.4, 0.5) is 0 Å². The first kappa shape index (κ1) is 8.25. The zero-order valence-electron chi connectivity index (χ0n) is 7.46. The standard InChI is InChI=1S/C10H15N/c1-8(2)6-10-5-4-9(3)11-7-10/h4-5,7-8H,6H2,1-3H3. The van der Waals surface area contributed by atoms with E-state index in [-0.39, 0.29) is 0 Å². The van der Waals surface area contributed by atoms with E-state index in [0.717, 1.165) is 18.0 Å². The Labute approximate surface area is 68.5 Å². The van der Waals surface area contributed by atoms with E-state index in [0.29, 0.717) is 0 Å². The van der Waals surface area contributed by atoms with Crippen LogP contribution in [0.25, 0.3) is 0 Å². The Kier molecular flexibility index (Phi) is 2.64. The lowest BCUT2D eigenvalue weighted by Crippen LogP contribution is -1.94. The van der Waals surface area contributed by atoms with E-state index in [1.54, 1.807) is 0 Å². The van der Waals surface area contributed by atoms with Crippen molar-refractivity contribution in [1.82, 2.24) is 4.98 Å². The molecule has 0 amide bonds. The summed E-state index contributed by atoms with van der Waals surface area (Å²) in [4.78, 5) is 4.23. The van der Waals surface area contributed by atoms with Crippen LogP contribution >= 0.6 is 0 Å². The van der Waals surface area contributed by atoms with Gasteiger partial charge in [-0.2, -0.15) is 0 Å². The quantitative estimate of drug-likeness (QED) is 0.629. The minimum atomic E-state index is 0.722. The lowest BCUT2D eigenvalue weighted by atomic mass is 10.0. The van der Waals surface area contributed by atoms with Crippen molar-refractivity contribution in [1.29, 1.82) is 0 Å². The van der Waals surface area contributed by atoms with Crippen molar-refractivity contribution in [3.8, 4) is 0 Å². The zero-order valence-corrected chi connectivity index (χ0v) is 7.46. The molecule has 0 fully saturated rings. The molecular weight excluding hydrogens is 134 g/mol. The maximum Gasteiger partial charge on any atom is 0.0372 e. The van der Waals surface area contributed by atoms with E-state index < -0.39 is 0 Å². The van der Waals surface area contributed by atoms with Crippen molar-refractivity contribution in [3.63, 3.8) is 0 Å². The van der Waals surface area contributed by atoms with Crippen molar-refractivity contribution in [2.75, 3.05) is 0 Å². The van der Waals surface area contributed by atoms with Crippen LogP contribution in [0.2, 0.25) is 0 Å². The molecule has 1 heterocycles. The predicted octanol–water partition coefficient (Wildman–Crippen LogP) is 2.59. The molecule has 0 saturated carbocycles. The van der Waals surface area contributed by atoms with Crippen LogP contribution in [-0.4, -0.2) is 4.98 Å². The first-order valence-corrected chi connectivity index (χ1v) is 4.10. The topological polar surface area (TPSA) is 12.9 Å². The maximum atomic E-state index is 4.23. The van der Waals surface area contributed by atoms with Crippen LogP contribution in [0.5, 0.6) is 0 Å². The Balaban J connectivity index is 2.66. The van der Waals surface area contributed by atoms with Crippen molar-refractivity contribution in [3.05, 3.63) is 29.6 Å². The Bertz CT molecular complexity index is 211. The van der Waals surface area contributed by atoms with Gasteiger partial charge in [0.2, 0.25) is 0 Å². The molecule has 0 radical (unpaired) electrons. The molecule has 1 aromatic heterocycles. The first-order valence-electron chi connectivity index (χ1n) is 4.10. The lowest BCUT2D eigenvalue weighted by Gasteiger charge is -2.03. The monoisotopic (exact) mass is 149 g/mol. The fraction of sp³-hybridized carbons (Fsp3) is 0.500. The summed E-state index contributed by atoms with van der Waals surface area (Å²) in [5, 5.41) is 0. The van der Waals surface area contributed by atoms with Crippen LogP contribution in [-0.2, 0) is 6.42 Å². The van der Waals surface area contributed by atoms with E-state index >= 15 is 0 Å². The van der Waals surface area contributed by atoms with Gasteiger partial charge in [0.15, 0.2) is 0 Å². The number of hydrogen-bond donors (Lipinski definition) is 0. The number of pyridine rings is 1. The average Bonchev–Trinajstić information content (AvgIpc) is 1.93. The van der Waals surface area contributed by atoms with Gasteiger partial charge in [-0.1, -0.05) is 19.9 Å². The molecule has 0 atom stereocenters. The number of hydrogen-bond acceptors (Lipinski definition) is 1. The SMILES string of the molecule is Cc1ccc(CC(C)C)cn1. The highest BCUT2D eigenvalue weighted by atomic mass is 14.7. The van der Waals surface area contributed by atoms with Gasteiger partial charge in [-0.15, -0.1) is 0 Å². The summed E-state index contributed by atoms with van der Waals surface area (Å²) < 4.78 is 0. The molecular formula is C10H15N. The number of aryl methyl sites for hydroxylation is 1. The van der Waals surface area contributed by atoms with Crippen molar-refractivity contribution >= 4 is 0 Å². The van der Waals surface area contributed by atoms with Gasteiger partial charge in [0.1, 0.15) is 0 Å². The largest absolute Gasteiger partial charge is 0.261 e. The van der Waals surface area contributed by atoms with Crippen LogP contribution < -0.4 is 0 Å². The Morgan fingerprint density at radius 1 is 1.36 bits per heavy atom. The highest BCUT2D eigenvalue weighted by Gasteiger charge is 1.96. The molecule has 1 heteroatoms. The lowest BCUT2D eigenvalue weighted by molar-refractivity contribution is 0.645.